The molecule has 0 saturated heterocycles. The molecule has 1 aliphatic heterocycles. The molecule has 10 nitrogen and oxygen atoms in total. The summed E-state index contributed by atoms with van der Waals surface area (Å²) in [5, 5.41) is 36.7. The second-order valence-corrected chi connectivity index (χ2v) is 18.6. The van der Waals surface area contributed by atoms with Crippen molar-refractivity contribution in [3.05, 3.63) is 162 Å². The minimum atomic E-state index is -1.45. The summed E-state index contributed by atoms with van der Waals surface area (Å²) in [5.74, 6) is -0.0530. The van der Waals surface area contributed by atoms with Gasteiger partial charge in [0, 0.05) is 53.9 Å². The maximum atomic E-state index is 15.5. The number of nitriles is 1. The maximum absolute atomic E-state index is 15.5. The molecule has 0 unspecified atom stereocenters. The van der Waals surface area contributed by atoms with E-state index < -0.39 is 17.7 Å². The number of nitrogens with zero attached hydrogens (tertiary/aromatic N) is 3. The second-order valence-electron chi connectivity index (χ2n) is 17.5. The van der Waals surface area contributed by atoms with Gasteiger partial charge in [0.25, 0.3) is 5.91 Å². The lowest BCUT2D eigenvalue weighted by Crippen LogP contribution is -2.70. The van der Waals surface area contributed by atoms with E-state index in [-0.39, 0.29) is 56.4 Å². The minimum absolute atomic E-state index is 0.0603. The first kappa shape index (κ1) is 47.6. The van der Waals surface area contributed by atoms with Crippen molar-refractivity contribution in [1.82, 2.24) is 4.90 Å². The Morgan fingerprint density at radius 1 is 0.955 bits per heavy atom. The van der Waals surface area contributed by atoms with Gasteiger partial charge in [-0.3, -0.25) is 4.79 Å². The molecular weight excluding hydrogens is 859 g/mol. The van der Waals surface area contributed by atoms with E-state index in [0.29, 0.717) is 42.9 Å². The van der Waals surface area contributed by atoms with Gasteiger partial charge in [0.05, 0.1) is 36.5 Å². The number of ether oxygens (including phenoxy) is 3. The number of carbonyl (C=O) groups excluding carboxylic acids is 1. The number of oxime groups is 1. The van der Waals surface area contributed by atoms with Crippen LogP contribution in [0.3, 0.4) is 0 Å². The van der Waals surface area contributed by atoms with Gasteiger partial charge in [-0.25, -0.2) is 0 Å². The van der Waals surface area contributed by atoms with E-state index >= 15 is 4.79 Å². The van der Waals surface area contributed by atoms with Crippen molar-refractivity contribution in [3.63, 3.8) is 0 Å². The lowest BCUT2D eigenvalue weighted by Gasteiger charge is -2.60. The average Bonchev–Trinajstić information content (AvgIpc) is 3.37. The quantitative estimate of drug-likeness (QED) is 0.0301. The maximum Gasteiger partial charge on any atom is 0.254 e. The molecule has 5 aromatic rings. The molecule has 1 saturated carbocycles. The lowest BCUT2D eigenvalue weighted by molar-refractivity contribution is -0.255. The Bertz CT molecular complexity index is 2570. The lowest BCUT2D eigenvalue weighted by atomic mass is 9.55. The average molecular weight is 920 g/mol. The van der Waals surface area contributed by atoms with Crippen LogP contribution in [0.1, 0.15) is 84.8 Å². The molecule has 6 atom stereocenters. The van der Waals surface area contributed by atoms with Gasteiger partial charge in [-0.05, 0) is 121 Å². The molecule has 5 aromatic carbocycles. The van der Waals surface area contributed by atoms with E-state index in [1.807, 2.05) is 60.4 Å². The number of hydrogen-bond acceptors (Lipinski definition) is 10. The summed E-state index contributed by atoms with van der Waals surface area (Å²) in [4.78, 5) is 24.6. The van der Waals surface area contributed by atoms with Crippen LogP contribution in [-0.4, -0.2) is 77.3 Å². The molecule has 0 radical (unpaired) electrons. The molecule has 1 heterocycles. The van der Waals surface area contributed by atoms with Gasteiger partial charge in [0.2, 0.25) is 5.79 Å². The number of hydrogen-bond donors (Lipinski definition) is 2. The van der Waals surface area contributed by atoms with Crippen LogP contribution in [0.2, 0.25) is 0 Å². The summed E-state index contributed by atoms with van der Waals surface area (Å²) in [7, 11) is 0. The standard InChI is InChI=1S/C56H61N3O7S/c1-3-31-64-56-52(59(55(62)41-25-23-39(37-57)24-26-41)38-43-18-14-17-40-15-8-9-21-46(40)43)36-50(58-65-4-2)48-34-42(16-10-12-29-60)47(22-11-13-30-61)53(54(48)56)49-35-44(27-28-51(49)66-56)63-32-33-67-45-19-6-5-7-20-45/h3,5-9,14-15,17-21,23-28,34-35,42,47,52-54,60-61H,1,4,10-13,16,22,29-33,36,38H2,2H3/t42-,47+,52-,53+,54+,56+/m0/s1. The molecular formula is C56H61N3O7S. The first-order valence-corrected chi connectivity index (χ1v) is 24.7. The molecule has 0 spiro atoms. The molecule has 11 heteroatoms. The van der Waals surface area contributed by atoms with Crippen LogP contribution in [0.5, 0.6) is 11.5 Å². The van der Waals surface area contributed by atoms with Crippen molar-refractivity contribution in [3.8, 4) is 17.6 Å². The monoisotopic (exact) mass is 919 g/mol. The van der Waals surface area contributed by atoms with Crippen LogP contribution in [-0.2, 0) is 16.1 Å². The van der Waals surface area contributed by atoms with Crippen LogP contribution < -0.4 is 9.47 Å². The molecule has 2 aliphatic carbocycles. The Balaban J connectivity index is 1.32. The second kappa shape index (κ2) is 22.7. The number of unbranched alkanes of at least 4 members (excludes halogenated alkanes) is 2. The Kier molecular flexibility index (Phi) is 16.1. The SMILES string of the molecule is C=CCO[C@@]12Oc3ccc(OCCSc4ccccc4)cc3[C@H]3[C@H](CCCCO)[C@@H](CCCCO)C=C(C(=NOCC)C[C@@H]1N(Cc1cccc4ccccc14)C(=O)c1ccc(C#N)cc1)[C@H]32. The highest BCUT2D eigenvalue weighted by atomic mass is 32.2. The van der Waals surface area contributed by atoms with E-state index in [1.54, 1.807) is 42.1 Å². The zero-order chi connectivity index (χ0) is 46.6. The molecule has 67 heavy (non-hydrogen) atoms. The van der Waals surface area contributed by atoms with Gasteiger partial charge in [0.15, 0.2) is 0 Å². The summed E-state index contributed by atoms with van der Waals surface area (Å²) in [5.41, 5.74) is 4.54. The Hall–Kier alpha value is -5.90. The first-order chi connectivity index (χ1) is 32.9. The number of allylic oxidation sites excluding steroid dienone is 1. The van der Waals surface area contributed by atoms with Crippen molar-refractivity contribution in [2.45, 2.75) is 81.1 Å². The predicted octanol–water partition coefficient (Wildman–Crippen LogP) is 10.9. The summed E-state index contributed by atoms with van der Waals surface area (Å²) in [6.07, 6.45) is 8.99. The number of rotatable bonds is 22. The van der Waals surface area contributed by atoms with Crippen molar-refractivity contribution in [2.75, 3.05) is 38.8 Å². The molecule has 1 fully saturated rings. The van der Waals surface area contributed by atoms with Gasteiger partial charge in [0.1, 0.15) is 24.1 Å². The third-order valence-electron chi connectivity index (χ3n) is 13.4. The van der Waals surface area contributed by atoms with Crippen molar-refractivity contribution in [2.24, 2.45) is 22.9 Å². The normalized spacial score (nSPS) is 22.1. The smallest absolute Gasteiger partial charge is 0.254 e. The van der Waals surface area contributed by atoms with Gasteiger partial charge in [-0.15, -0.1) is 18.3 Å². The minimum Gasteiger partial charge on any atom is -0.493 e. The molecule has 0 bridgehead atoms. The number of fused-ring (bicyclic) bond motifs is 3. The molecule has 8 rings (SSSR count). The largest absolute Gasteiger partial charge is 0.493 e. The first-order valence-electron chi connectivity index (χ1n) is 23.7. The van der Waals surface area contributed by atoms with E-state index in [4.69, 9.17) is 24.2 Å². The number of aliphatic hydroxyl groups is 2. The Labute approximate surface area is 398 Å². The molecule has 348 valence electrons. The topological polar surface area (TPSA) is 134 Å². The van der Waals surface area contributed by atoms with Crippen LogP contribution in [0.15, 0.2) is 150 Å². The number of benzene rings is 5. The Morgan fingerprint density at radius 2 is 1.72 bits per heavy atom. The summed E-state index contributed by atoms with van der Waals surface area (Å²) in [6, 6.07) is 39.0. The number of thioether (sulfide) groups is 1. The van der Waals surface area contributed by atoms with Crippen molar-refractivity contribution in [1.29, 1.82) is 5.26 Å². The third-order valence-corrected chi connectivity index (χ3v) is 14.4. The van der Waals surface area contributed by atoms with Gasteiger partial charge < -0.3 is 34.2 Å². The predicted molar refractivity (Wildman–Crippen MR) is 264 cm³/mol. The third kappa shape index (κ3) is 10.5. The zero-order valence-corrected chi connectivity index (χ0v) is 39.1. The summed E-state index contributed by atoms with van der Waals surface area (Å²) in [6.45, 7) is 7.43. The Morgan fingerprint density at radius 3 is 2.48 bits per heavy atom. The summed E-state index contributed by atoms with van der Waals surface area (Å²) >= 11 is 1.75. The number of amides is 1. The highest BCUT2D eigenvalue weighted by Gasteiger charge is 2.65. The van der Waals surface area contributed by atoms with E-state index in [0.717, 1.165) is 70.4 Å². The molecule has 3 aliphatic rings. The molecule has 2 N–H and O–H groups in total. The fraction of sp³-hybridized carbons (Fsp3) is 0.375. The van der Waals surface area contributed by atoms with E-state index in [1.165, 1.54) is 4.90 Å². The fourth-order valence-electron chi connectivity index (χ4n) is 10.5. The van der Waals surface area contributed by atoms with E-state index in [2.05, 4.69) is 61.2 Å². The van der Waals surface area contributed by atoms with Crippen LogP contribution in [0, 0.1) is 29.1 Å². The van der Waals surface area contributed by atoms with Crippen molar-refractivity contribution >= 4 is 34.2 Å². The molecule has 1 amide bonds. The van der Waals surface area contributed by atoms with Gasteiger partial charge in [-0.2, -0.15) is 5.26 Å². The fourth-order valence-corrected chi connectivity index (χ4v) is 11.3. The zero-order valence-electron chi connectivity index (χ0n) is 38.3. The van der Waals surface area contributed by atoms with Gasteiger partial charge >= 0.3 is 0 Å². The van der Waals surface area contributed by atoms with E-state index in [9.17, 15) is 15.5 Å². The summed E-state index contributed by atoms with van der Waals surface area (Å²) < 4.78 is 21.3. The van der Waals surface area contributed by atoms with Crippen LogP contribution >= 0.6 is 11.8 Å². The van der Waals surface area contributed by atoms with Crippen molar-refractivity contribution < 1.29 is 34.1 Å². The number of aliphatic hydroxyl groups excluding tert-OH is 2. The number of carbonyl (C=O) groups is 1. The highest BCUT2D eigenvalue weighted by Crippen LogP contribution is 2.62. The highest BCUT2D eigenvalue weighted by molar-refractivity contribution is 7.99. The molecule has 0 aromatic heterocycles. The van der Waals surface area contributed by atoms with Crippen LogP contribution in [0.4, 0.5) is 0 Å². The van der Waals surface area contributed by atoms with Crippen LogP contribution in [0.25, 0.3) is 10.8 Å². The van der Waals surface area contributed by atoms with Gasteiger partial charge in [-0.1, -0.05) is 90.8 Å².